The number of hydrogen-bond donors (Lipinski definition) is 1. The second kappa shape index (κ2) is 6.85. The number of para-hydroxylation sites is 1. The molecule has 2 aromatic heterocycles. The number of aromatic nitrogens is 1. The van der Waals surface area contributed by atoms with Gasteiger partial charge in [0, 0.05) is 11.1 Å². The van der Waals surface area contributed by atoms with Gasteiger partial charge in [0.1, 0.15) is 18.1 Å². The zero-order valence-electron chi connectivity index (χ0n) is 12.2. The van der Waals surface area contributed by atoms with Gasteiger partial charge in [-0.25, -0.2) is 4.98 Å². The molecule has 0 radical (unpaired) electrons. The van der Waals surface area contributed by atoms with Crippen LogP contribution in [0.3, 0.4) is 0 Å². The van der Waals surface area contributed by atoms with E-state index in [0.29, 0.717) is 21.7 Å². The molecule has 0 aliphatic carbocycles. The molecule has 0 fully saturated rings. The van der Waals surface area contributed by atoms with Gasteiger partial charge in [-0.3, -0.25) is 10.1 Å². The Morgan fingerprint density at radius 2 is 2.17 bits per heavy atom. The lowest BCUT2D eigenvalue weighted by atomic mass is 10.3. The van der Waals surface area contributed by atoms with Crippen molar-refractivity contribution in [3.8, 4) is 5.75 Å². The highest BCUT2D eigenvalue weighted by molar-refractivity contribution is 7.15. The number of aryl methyl sites for hydroxylation is 1. The van der Waals surface area contributed by atoms with Crippen LogP contribution in [-0.4, -0.2) is 10.9 Å². The number of nitrogens with one attached hydrogen (secondary N) is 1. The lowest BCUT2D eigenvalue weighted by Crippen LogP contribution is -2.10. The molecule has 2 heterocycles. The Bertz CT molecular complexity index is 828. The van der Waals surface area contributed by atoms with Crippen molar-refractivity contribution in [3.05, 3.63) is 64.0 Å². The van der Waals surface area contributed by atoms with Gasteiger partial charge in [-0.1, -0.05) is 23.7 Å². The number of benzene rings is 1. The first kappa shape index (κ1) is 15.6. The number of carbonyl (C=O) groups is 1. The van der Waals surface area contributed by atoms with E-state index in [4.69, 9.17) is 20.8 Å². The van der Waals surface area contributed by atoms with Crippen LogP contribution in [0.25, 0.3) is 0 Å². The van der Waals surface area contributed by atoms with Crippen LogP contribution in [0.15, 0.2) is 47.0 Å². The molecule has 0 aliphatic rings. The number of amides is 1. The first-order valence-corrected chi connectivity index (χ1v) is 8.01. The van der Waals surface area contributed by atoms with Crippen molar-refractivity contribution in [2.45, 2.75) is 13.5 Å². The average molecular weight is 349 g/mol. The van der Waals surface area contributed by atoms with Gasteiger partial charge in [0.2, 0.25) is 0 Å². The van der Waals surface area contributed by atoms with E-state index in [2.05, 4.69) is 10.3 Å². The maximum absolute atomic E-state index is 12.1. The van der Waals surface area contributed by atoms with Crippen LogP contribution in [0.1, 0.15) is 21.2 Å². The van der Waals surface area contributed by atoms with Gasteiger partial charge in [-0.05, 0) is 31.2 Å². The van der Waals surface area contributed by atoms with Crippen molar-refractivity contribution in [3.63, 3.8) is 0 Å². The molecule has 3 rings (SSSR count). The molecular weight excluding hydrogens is 336 g/mol. The third-order valence-electron chi connectivity index (χ3n) is 2.93. The number of hydrogen-bond acceptors (Lipinski definition) is 5. The normalized spacial score (nSPS) is 10.5. The third-order valence-corrected chi connectivity index (χ3v) is 4.07. The molecule has 0 unspecified atom stereocenters. The van der Waals surface area contributed by atoms with E-state index in [1.807, 2.05) is 19.1 Å². The summed E-state index contributed by atoms with van der Waals surface area (Å²) < 4.78 is 11.1. The standard InChI is InChI=1S/C16H13ClN2O3S/c1-10-8-18-16(23-10)19-15(20)14-7-6-11(22-14)9-21-13-5-3-2-4-12(13)17/h2-8H,9H2,1H3,(H,18,19,20). The van der Waals surface area contributed by atoms with Gasteiger partial charge < -0.3 is 9.15 Å². The van der Waals surface area contributed by atoms with Crippen molar-refractivity contribution in [2.24, 2.45) is 0 Å². The summed E-state index contributed by atoms with van der Waals surface area (Å²) >= 11 is 7.42. The van der Waals surface area contributed by atoms with Crippen molar-refractivity contribution in [1.82, 2.24) is 4.98 Å². The maximum atomic E-state index is 12.1. The Morgan fingerprint density at radius 3 is 2.91 bits per heavy atom. The summed E-state index contributed by atoms with van der Waals surface area (Å²) in [5.74, 6) is 0.958. The first-order valence-electron chi connectivity index (χ1n) is 6.81. The van der Waals surface area contributed by atoms with Crippen LogP contribution >= 0.6 is 22.9 Å². The lowest BCUT2D eigenvalue weighted by Gasteiger charge is -2.05. The summed E-state index contributed by atoms with van der Waals surface area (Å²) in [7, 11) is 0. The van der Waals surface area contributed by atoms with Crippen LogP contribution in [-0.2, 0) is 6.61 Å². The first-order chi connectivity index (χ1) is 11.1. The molecular formula is C16H13ClN2O3S. The summed E-state index contributed by atoms with van der Waals surface area (Å²) in [6, 6.07) is 10.5. The SMILES string of the molecule is Cc1cnc(NC(=O)c2ccc(COc3ccccc3Cl)o2)s1. The molecule has 0 atom stereocenters. The Kier molecular flexibility index (Phi) is 4.64. The number of halogens is 1. The Balaban J connectivity index is 1.61. The van der Waals surface area contributed by atoms with E-state index in [-0.39, 0.29) is 18.3 Å². The van der Waals surface area contributed by atoms with Crippen LogP contribution in [0, 0.1) is 6.92 Å². The topological polar surface area (TPSA) is 64.4 Å². The monoisotopic (exact) mass is 348 g/mol. The molecule has 3 aromatic rings. The molecule has 1 aromatic carbocycles. The number of thiazole rings is 1. The fourth-order valence-corrected chi connectivity index (χ4v) is 2.71. The van der Waals surface area contributed by atoms with Crippen molar-refractivity contribution < 1.29 is 13.9 Å². The summed E-state index contributed by atoms with van der Waals surface area (Å²) in [4.78, 5) is 17.2. The van der Waals surface area contributed by atoms with Gasteiger partial charge in [0.15, 0.2) is 10.9 Å². The largest absolute Gasteiger partial charge is 0.484 e. The van der Waals surface area contributed by atoms with Crippen molar-refractivity contribution >= 4 is 34.0 Å². The summed E-state index contributed by atoms with van der Waals surface area (Å²) in [5.41, 5.74) is 0. The molecule has 0 aliphatic heterocycles. The van der Waals surface area contributed by atoms with E-state index in [1.54, 1.807) is 30.5 Å². The zero-order valence-corrected chi connectivity index (χ0v) is 13.8. The van der Waals surface area contributed by atoms with E-state index >= 15 is 0 Å². The molecule has 0 saturated carbocycles. The second-order valence-corrected chi connectivity index (χ2v) is 6.36. The number of ether oxygens (including phenoxy) is 1. The predicted octanol–water partition coefficient (Wildman–Crippen LogP) is 4.53. The number of rotatable bonds is 5. The van der Waals surface area contributed by atoms with Crippen molar-refractivity contribution in [1.29, 1.82) is 0 Å². The van der Waals surface area contributed by atoms with Gasteiger partial charge in [-0.2, -0.15) is 0 Å². The summed E-state index contributed by atoms with van der Waals surface area (Å²) in [6.45, 7) is 2.11. The molecule has 0 bridgehead atoms. The van der Waals surface area contributed by atoms with Crippen molar-refractivity contribution in [2.75, 3.05) is 5.32 Å². The number of furan rings is 1. The van der Waals surface area contributed by atoms with E-state index in [9.17, 15) is 4.79 Å². The molecule has 0 saturated heterocycles. The predicted molar refractivity (Wildman–Crippen MR) is 89.3 cm³/mol. The van der Waals surface area contributed by atoms with E-state index < -0.39 is 0 Å². The average Bonchev–Trinajstić information content (AvgIpc) is 3.16. The van der Waals surface area contributed by atoms with Gasteiger partial charge >= 0.3 is 0 Å². The minimum absolute atomic E-state index is 0.188. The van der Waals surface area contributed by atoms with Crippen LogP contribution in [0.5, 0.6) is 5.75 Å². The number of nitrogens with zero attached hydrogens (tertiary/aromatic N) is 1. The summed E-state index contributed by atoms with van der Waals surface area (Å²) in [6.07, 6.45) is 1.70. The Morgan fingerprint density at radius 1 is 1.35 bits per heavy atom. The van der Waals surface area contributed by atoms with Crippen LogP contribution in [0.2, 0.25) is 5.02 Å². The molecule has 1 N–H and O–H groups in total. The fraction of sp³-hybridized carbons (Fsp3) is 0.125. The quantitative estimate of drug-likeness (QED) is 0.735. The summed E-state index contributed by atoms with van der Waals surface area (Å²) in [5, 5.41) is 3.75. The highest BCUT2D eigenvalue weighted by Gasteiger charge is 2.13. The Hall–Kier alpha value is -2.31. The number of carbonyl (C=O) groups excluding carboxylic acids is 1. The van der Waals surface area contributed by atoms with Gasteiger partial charge in [-0.15, -0.1) is 11.3 Å². The number of anilines is 1. The molecule has 5 nitrogen and oxygen atoms in total. The minimum atomic E-state index is -0.344. The fourth-order valence-electron chi connectivity index (χ4n) is 1.86. The van der Waals surface area contributed by atoms with Crippen LogP contribution in [0.4, 0.5) is 5.13 Å². The molecule has 0 spiro atoms. The molecule has 118 valence electrons. The molecule has 1 amide bonds. The maximum Gasteiger partial charge on any atom is 0.293 e. The van der Waals surface area contributed by atoms with Gasteiger partial charge in [0.05, 0.1) is 5.02 Å². The molecule has 23 heavy (non-hydrogen) atoms. The highest BCUT2D eigenvalue weighted by atomic mass is 35.5. The smallest absolute Gasteiger partial charge is 0.293 e. The van der Waals surface area contributed by atoms with E-state index in [1.165, 1.54) is 11.3 Å². The molecule has 7 heteroatoms. The van der Waals surface area contributed by atoms with Gasteiger partial charge in [0.25, 0.3) is 5.91 Å². The van der Waals surface area contributed by atoms with Crippen LogP contribution < -0.4 is 10.1 Å². The third kappa shape index (κ3) is 3.91. The highest BCUT2D eigenvalue weighted by Crippen LogP contribution is 2.24. The van der Waals surface area contributed by atoms with E-state index in [0.717, 1.165) is 4.88 Å². The zero-order chi connectivity index (χ0) is 16.2. The lowest BCUT2D eigenvalue weighted by molar-refractivity contribution is 0.0992. The minimum Gasteiger partial charge on any atom is -0.484 e. The second-order valence-electron chi connectivity index (χ2n) is 4.72. The Labute approximate surface area is 141 Å².